The Morgan fingerprint density at radius 3 is 2.18 bits per heavy atom. The molecule has 9 N–H and O–H groups in total. The summed E-state index contributed by atoms with van der Waals surface area (Å²) in [5, 5.41) is 65.6. The SMILES string of the molecule is CNC(=O)NCCOCCOCCNC(=O)NC1CC(OC2c3c(O)c4c(c(O)c3C[C@@H](C(=O)CO)[C@@H]2O)C(=O)c2cccc(OC)c2C4=O)O[C@@H](C)[C@@H]1O. The quantitative estimate of drug-likeness (QED) is 0.0673. The molecule has 19 nitrogen and oxygen atoms in total. The summed E-state index contributed by atoms with van der Waals surface area (Å²) in [5.41, 5.74) is -1.71. The van der Waals surface area contributed by atoms with Crippen molar-refractivity contribution in [2.24, 2.45) is 5.92 Å². The number of hydrogen-bond acceptors (Lipinski definition) is 15. The van der Waals surface area contributed by atoms with Gasteiger partial charge in [0.1, 0.15) is 36.1 Å². The fourth-order valence-corrected chi connectivity index (χ4v) is 6.97. The number of benzene rings is 2. The number of methoxy groups -OCH3 is 1. The smallest absolute Gasteiger partial charge is 0.315 e. The molecule has 3 aliphatic rings. The molecular formula is C36H46N4O15. The minimum Gasteiger partial charge on any atom is -0.507 e. The molecule has 5 rings (SSSR count). The number of ether oxygens (including phenoxy) is 5. The molecule has 0 bridgehead atoms. The molecule has 1 saturated heterocycles. The summed E-state index contributed by atoms with van der Waals surface area (Å²) in [4.78, 5) is 64.3. The number of ketones is 3. The van der Waals surface area contributed by atoms with Gasteiger partial charge in [-0.25, -0.2) is 9.59 Å². The molecule has 1 fully saturated rings. The Kier molecular flexibility index (Phi) is 13.6. The first-order valence-electron chi connectivity index (χ1n) is 17.7. The van der Waals surface area contributed by atoms with Crippen LogP contribution in [0.3, 0.4) is 0 Å². The van der Waals surface area contributed by atoms with Crippen molar-refractivity contribution in [2.45, 2.75) is 56.5 Å². The Morgan fingerprint density at radius 2 is 1.55 bits per heavy atom. The van der Waals surface area contributed by atoms with Crippen molar-refractivity contribution >= 4 is 29.4 Å². The van der Waals surface area contributed by atoms with E-state index in [0.29, 0.717) is 13.2 Å². The van der Waals surface area contributed by atoms with Gasteiger partial charge in [-0.3, -0.25) is 14.4 Å². The average molecular weight is 775 g/mol. The topological polar surface area (TPSA) is 281 Å². The molecule has 3 unspecified atom stereocenters. The standard InChI is InChI=1S/C36H46N4O15/c1-16-28(43)20(40-36(50)39-8-10-53-12-11-52-9-7-38-35(49)37-2)14-23(54-16)55-34-25-19(13-18(31(34)46)21(42)15-41)30(45)26-27(33(25)48)32(47)24-17(29(26)44)5-4-6-22(24)51-3/h4-6,16,18,20,23,28,31,34,41,43,45-46,48H,7-15H2,1-3H3,(H2,37,38,49)(H2,39,40,50)/t16-,18-,20?,23?,28-,31-,34?/m0/s1. The van der Waals surface area contributed by atoms with Gasteiger partial charge in [0.25, 0.3) is 0 Å². The molecule has 4 amide bonds. The molecule has 0 spiro atoms. The van der Waals surface area contributed by atoms with Gasteiger partial charge in [0.2, 0.25) is 5.78 Å². The normalized spacial score (nSPS) is 24.2. The van der Waals surface area contributed by atoms with Crippen LogP contribution in [0.4, 0.5) is 9.59 Å². The highest BCUT2D eigenvalue weighted by molar-refractivity contribution is 6.31. The monoisotopic (exact) mass is 774 g/mol. The van der Waals surface area contributed by atoms with Crippen LogP contribution in [0.15, 0.2) is 18.2 Å². The largest absolute Gasteiger partial charge is 0.507 e. The maximum Gasteiger partial charge on any atom is 0.315 e. The molecule has 2 aliphatic carbocycles. The second-order valence-corrected chi connectivity index (χ2v) is 13.1. The summed E-state index contributed by atoms with van der Waals surface area (Å²) in [6.07, 6.45) is -7.50. The van der Waals surface area contributed by atoms with Crippen LogP contribution >= 0.6 is 0 Å². The second kappa shape index (κ2) is 18.2. The lowest BCUT2D eigenvalue weighted by Crippen LogP contribution is -2.57. The Morgan fingerprint density at radius 1 is 0.891 bits per heavy atom. The number of aliphatic hydroxyl groups is 3. The van der Waals surface area contributed by atoms with E-state index in [1.165, 1.54) is 39.3 Å². The molecule has 2 aromatic rings. The minimum absolute atomic E-state index is 0.0487. The Balaban J connectivity index is 1.30. The molecule has 55 heavy (non-hydrogen) atoms. The van der Waals surface area contributed by atoms with Gasteiger partial charge in [-0.15, -0.1) is 0 Å². The fraction of sp³-hybridized carbons (Fsp3) is 0.528. The third kappa shape index (κ3) is 8.67. The van der Waals surface area contributed by atoms with E-state index in [-0.39, 0.29) is 66.8 Å². The fourth-order valence-electron chi connectivity index (χ4n) is 6.97. The van der Waals surface area contributed by atoms with Crippen LogP contribution in [0.25, 0.3) is 0 Å². The summed E-state index contributed by atoms with van der Waals surface area (Å²) < 4.78 is 28.1. The average Bonchev–Trinajstić information content (AvgIpc) is 3.17. The predicted octanol–water partition coefficient (Wildman–Crippen LogP) is -0.840. The van der Waals surface area contributed by atoms with Gasteiger partial charge in [-0.2, -0.15) is 0 Å². The van der Waals surface area contributed by atoms with Crippen LogP contribution in [-0.2, 0) is 30.2 Å². The highest BCUT2D eigenvalue weighted by Crippen LogP contribution is 2.51. The summed E-state index contributed by atoms with van der Waals surface area (Å²) in [7, 11) is 2.80. The van der Waals surface area contributed by atoms with Crippen molar-refractivity contribution < 1.29 is 73.2 Å². The Hall–Kier alpha value is -4.89. The predicted molar refractivity (Wildman–Crippen MR) is 188 cm³/mol. The van der Waals surface area contributed by atoms with Gasteiger partial charge >= 0.3 is 12.1 Å². The summed E-state index contributed by atoms with van der Waals surface area (Å²) in [6.45, 7) is 1.90. The lowest BCUT2D eigenvalue weighted by atomic mass is 9.72. The van der Waals surface area contributed by atoms with Gasteiger partial charge in [0.15, 0.2) is 17.9 Å². The highest BCUT2D eigenvalue weighted by atomic mass is 16.7. The maximum atomic E-state index is 13.9. The third-order valence-electron chi connectivity index (χ3n) is 9.75. The number of phenolic OH excluding ortho intramolecular Hbond substituents is 2. The van der Waals surface area contributed by atoms with Crippen LogP contribution in [-0.4, -0.2) is 146 Å². The molecule has 1 aliphatic heterocycles. The Bertz CT molecular complexity index is 1790. The van der Waals surface area contributed by atoms with E-state index in [0.717, 1.165) is 0 Å². The maximum absolute atomic E-state index is 13.9. The first-order chi connectivity index (χ1) is 26.3. The number of carbonyl (C=O) groups excluding carboxylic acids is 5. The van der Waals surface area contributed by atoms with Gasteiger partial charge in [-0.1, -0.05) is 12.1 Å². The number of carbonyl (C=O) groups is 5. The van der Waals surface area contributed by atoms with Crippen molar-refractivity contribution in [1.29, 1.82) is 0 Å². The van der Waals surface area contributed by atoms with E-state index >= 15 is 0 Å². The number of Topliss-reactive ketones (excluding diaryl/α,β-unsaturated/α-hetero) is 1. The lowest BCUT2D eigenvalue weighted by Gasteiger charge is -2.42. The van der Waals surface area contributed by atoms with E-state index in [4.69, 9.17) is 23.7 Å². The number of urea groups is 2. The lowest BCUT2D eigenvalue weighted by molar-refractivity contribution is -0.257. The number of nitrogens with one attached hydrogen (secondary N) is 4. The molecule has 0 saturated carbocycles. The minimum atomic E-state index is -1.75. The number of amides is 4. The van der Waals surface area contributed by atoms with E-state index in [2.05, 4.69) is 21.3 Å². The number of aromatic hydroxyl groups is 2. The molecule has 0 radical (unpaired) electrons. The van der Waals surface area contributed by atoms with Crippen LogP contribution in [0, 0.1) is 5.92 Å². The van der Waals surface area contributed by atoms with Gasteiger partial charge in [0, 0.05) is 43.2 Å². The van der Waals surface area contributed by atoms with E-state index in [9.17, 15) is 49.5 Å². The zero-order valence-electron chi connectivity index (χ0n) is 30.5. The van der Waals surface area contributed by atoms with E-state index < -0.39 is 102 Å². The number of fused-ring (bicyclic) bond motifs is 3. The highest BCUT2D eigenvalue weighted by Gasteiger charge is 2.49. The Labute approximate surface area is 315 Å². The van der Waals surface area contributed by atoms with Crippen molar-refractivity contribution in [3.63, 3.8) is 0 Å². The van der Waals surface area contributed by atoms with Crippen molar-refractivity contribution in [3.05, 3.63) is 51.6 Å². The number of aliphatic hydroxyl groups excluding tert-OH is 3. The number of phenols is 2. The first kappa shape index (κ1) is 41.3. The molecule has 19 heteroatoms. The van der Waals surface area contributed by atoms with Crippen LogP contribution in [0.5, 0.6) is 17.2 Å². The summed E-state index contributed by atoms with van der Waals surface area (Å²) in [5.74, 6) is -5.26. The molecule has 1 heterocycles. The number of rotatable bonds is 15. The first-order valence-corrected chi connectivity index (χ1v) is 17.7. The number of hydrogen-bond donors (Lipinski definition) is 9. The van der Waals surface area contributed by atoms with Crippen LogP contribution < -0.4 is 26.0 Å². The van der Waals surface area contributed by atoms with Crippen molar-refractivity contribution in [3.8, 4) is 17.2 Å². The molecule has 2 aromatic carbocycles. The van der Waals surface area contributed by atoms with Crippen molar-refractivity contribution in [1.82, 2.24) is 21.3 Å². The zero-order chi connectivity index (χ0) is 40.0. The molecule has 300 valence electrons. The molecule has 0 aromatic heterocycles. The molecule has 7 atom stereocenters. The summed E-state index contributed by atoms with van der Waals surface area (Å²) in [6, 6.07) is 2.38. The van der Waals surface area contributed by atoms with Crippen LogP contribution in [0.1, 0.15) is 62.4 Å². The summed E-state index contributed by atoms with van der Waals surface area (Å²) >= 11 is 0. The van der Waals surface area contributed by atoms with E-state index in [1.54, 1.807) is 0 Å². The third-order valence-corrected chi connectivity index (χ3v) is 9.75. The van der Waals surface area contributed by atoms with Gasteiger partial charge in [0.05, 0.1) is 74.4 Å². The van der Waals surface area contributed by atoms with Crippen LogP contribution in [0.2, 0.25) is 0 Å². The molecular weight excluding hydrogens is 728 g/mol. The second-order valence-electron chi connectivity index (χ2n) is 13.1. The van der Waals surface area contributed by atoms with Gasteiger partial charge in [-0.05, 0) is 19.4 Å². The van der Waals surface area contributed by atoms with Crippen molar-refractivity contribution in [2.75, 3.05) is 60.3 Å². The zero-order valence-corrected chi connectivity index (χ0v) is 30.5. The van der Waals surface area contributed by atoms with Gasteiger partial charge < -0.3 is 70.5 Å². The van der Waals surface area contributed by atoms with E-state index in [1.807, 2.05) is 0 Å².